The number of hydrogen-bond acceptors (Lipinski definition) is 4. The maximum atomic E-state index is 12.2. The molecule has 128 valence electrons. The molecule has 2 N–H and O–H groups in total. The predicted octanol–water partition coefficient (Wildman–Crippen LogP) is 3.39. The van der Waals surface area contributed by atoms with Crippen LogP contribution in [0.5, 0.6) is 0 Å². The number of rotatable bonds is 6. The average Bonchev–Trinajstić information content (AvgIpc) is 3.08. The quantitative estimate of drug-likeness (QED) is 0.842. The van der Waals surface area contributed by atoms with Crippen LogP contribution in [0.15, 0.2) is 35.8 Å². The van der Waals surface area contributed by atoms with E-state index in [0.717, 1.165) is 10.6 Å². The Morgan fingerprint density at radius 3 is 2.71 bits per heavy atom. The van der Waals surface area contributed by atoms with Gasteiger partial charge in [0.1, 0.15) is 5.01 Å². The predicted molar refractivity (Wildman–Crippen MR) is 95.9 cm³/mol. The van der Waals surface area contributed by atoms with Crippen LogP contribution < -0.4 is 10.6 Å². The Morgan fingerprint density at radius 2 is 2.08 bits per heavy atom. The highest BCUT2D eigenvalue weighted by molar-refractivity contribution is 7.09. The number of nitrogens with one attached hydrogen (secondary N) is 2. The molecular weight excluding hydrogens is 324 g/mol. The second kappa shape index (κ2) is 8.44. The van der Waals surface area contributed by atoms with E-state index in [4.69, 9.17) is 0 Å². The molecule has 1 atom stereocenters. The maximum absolute atomic E-state index is 12.2. The third-order valence-corrected chi connectivity index (χ3v) is 4.58. The van der Waals surface area contributed by atoms with Gasteiger partial charge in [0.2, 0.25) is 5.91 Å². The van der Waals surface area contributed by atoms with Crippen molar-refractivity contribution in [2.75, 3.05) is 11.9 Å². The topological polar surface area (TPSA) is 74.3 Å². The molecular formula is C17H22N4O2S. The SMILES string of the molecule is CCN(Cc1ccccc1NC(=O)NC(C)c1nccs1)C(C)=O. The van der Waals surface area contributed by atoms with Gasteiger partial charge in [0.05, 0.1) is 6.04 Å². The highest BCUT2D eigenvalue weighted by Gasteiger charge is 2.14. The summed E-state index contributed by atoms with van der Waals surface area (Å²) in [5.74, 6) is 0.00847. The van der Waals surface area contributed by atoms with Crippen molar-refractivity contribution in [1.29, 1.82) is 0 Å². The minimum absolute atomic E-state index is 0.00847. The van der Waals surface area contributed by atoms with Gasteiger partial charge in [-0.1, -0.05) is 18.2 Å². The normalized spacial score (nSPS) is 11.6. The van der Waals surface area contributed by atoms with E-state index in [9.17, 15) is 9.59 Å². The van der Waals surface area contributed by atoms with E-state index >= 15 is 0 Å². The number of anilines is 1. The molecule has 1 heterocycles. The zero-order valence-corrected chi connectivity index (χ0v) is 14.9. The first-order chi connectivity index (χ1) is 11.5. The molecule has 1 aromatic carbocycles. The van der Waals surface area contributed by atoms with Gasteiger partial charge in [-0.25, -0.2) is 9.78 Å². The van der Waals surface area contributed by atoms with Crippen LogP contribution in [0.4, 0.5) is 10.5 Å². The molecule has 0 aliphatic carbocycles. The van der Waals surface area contributed by atoms with E-state index in [1.807, 2.05) is 43.5 Å². The zero-order chi connectivity index (χ0) is 17.5. The molecule has 1 aromatic heterocycles. The lowest BCUT2D eigenvalue weighted by atomic mass is 10.1. The summed E-state index contributed by atoms with van der Waals surface area (Å²) in [6.45, 7) is 6.45. The number of thiazole rings is 1. The third-order valence-electron chi connectivity index (χ3n) is 3.62. The number of para-hydroxylation sites is 1. The van der Waals surface area contributed by atoms with Gasteiger partial charge in [-0.2, -0.15) is 0 Å². The minimum Gasteiger partial charge on any atom is -0.339 e. The summed E-state index contributed by atoms with van der Waals surface area (Å²) in [5, 5.41) is 8.46. The second-order valence-electron chi connectivity index (χ2n) is 5.38. The molecule has 0 radical (unpaired) electrons. The molecule has 2 aromatic rings. The fraction of sp³-hybridized carbons (Fsp3) is 0.353. The van der Waals surface area contributed by atoms with Crippen molar-refractivity contribution in [3.8, 4) is 0 Å². The molecule has 7 heteroatoms. The standard InChI is InChI=1S/C17H22N4O2S/c1-4-21(13(3)22)11-14-7-5-6-8-15(14)20-17(23)19-12(2)16-18-9-10-24-16/h5-10,12H,4,11H2,1-3H3,(H2,19,20,23). The summed E-state index contributed by atoms with van der Waals surface area (Å²) < 4.78 is 0. The number of hydrogen-bond donors (Lipinski definition) is 2. The van der Waals surface area contributed by atoms with Gasteiger partial charge < -0.3 is 15.5 Å². The Labute approximate surface area is 145 Å². The molecule has 3 amide bonds. The van der Waals surface area contributed by atoms with Crippen molar-refractivity contribution in [2.24, 2.45) is 0 Å². The smallest absolute Gasteiger partial charge is 0.319 e. The lowest BCUT2D eigenvalue weighted by Gasteiger charge is -2.21. The van der Waals surface area contributed by atoms with Crippen molar-refractivity contribution in [3.05, 3.63) is 46.4 Å². The number of carbonyl (C=O) groups is 2. The zero-order valence-electron chi connectivity index (χ0n) is 14.1. The second-order valence-corrected chi connectivity index (χ2v) is 6.31. The van der Waals surface area contributed by atoms with Gasteiger partial charge in [0.25, 0.3) is 0 Å². The Kier molecular flexibility index (Phi) is 6.31. The minimum atomic E-state index is -0.295. The molecule has 0 saturated carbocycles. The molecule has 2 rings (SSSR count). The summed E-state index contributed by atoms with van der Waals surface area (Å²) in [6.07, 6.45) is 1.71. The first kappa shape index (κ1) is 17.9. The number of nitrogens with zero attached hydrogens (tertiary/aromatic N) is 2. The van der Waals surface area contributed by atoms with Crippen LogP contribution in [0.2, 0.25) is 0 Å². The number of urea groups is 1. The molecule has 0 saturated heterocycles. The van der Waals surface area contributed by atoms with E-state index in [1.165, 1.54) is 11.3 Å². The molecule has 24 heavy (non-hydrogen) atoms. The molecule has 0 spiro atoms. The van der Waals surface area contributed by atoms with E-state index in [0.29, 0.717) is 18.8 Å². The van der Waals surface area contributed by atoms with E-state index in [-0.39, 0.29) is 18.0 Å². The fourth-order valence-corrected chi connectivity index (χ4v) is 2.94. The molecule has 0 bridgehead atoms. The van der Waals surface area contributed by atoms with Gasteiger partial charge in [0.15, 0.2) is 0 Å². The molecule has 0 fully saturated rings. The summed E-state index contributed by atoms with van der Waals surface area (Å²) in [6, 6.07) is 7.03. The van der Waals surface area contributed by atoms with Crippen LogP contribution in [0.3, 0.4) is 0 Å². The Hall–Kier alpha value is -2.41. The van der Waals surface area contributed by atoms with E-state index < -0.39 is 0 Å². The van der Waals surface area contributed by atoms with E-state index in [2.05, 4.69) is 15.6 Å². The fourth-order valence-electron chi connectivity index (χ4n) is 2.30. The van der Waals surface area contributed by atoms with Gasteiger partial charge in [-0.05, 0) is 25.5 Å². The number of benzene rings is 1. The van der Waals surface area contributed by atoms with Gasteiger partial charge in [0, 0.05) is 37.3 Å². The van der Waals surface area contributed by atoms with Crippen LogP contribution in [0.1, 0.15) is 37.4 Å². The van der Waals surface area contributed by atoms with Gasteiger partial charge in [-0.15, -0.1) is 11.3 Å². The monoisotopic (exact) mass is 346 g/mol. The van der Waals surface area contributed by atoms with Crippen LogP contribution in [-0.2, 0) is 11.3 Å². The Bertz CT molecular complexity index is 688. The summed E-state index contributed by atoms with van der Waals surface area (Å²) in [5.41, 5.74) is 1.59. The largest absolute Gasteiger partial charge is 0.339 e. The number of aromatic nitrogens is 1. The van der Waals surface area contributed by atoms with Crippen molar-refractivity contribution in [3.63, 3.8) is 0 Å². The van der Waals surface area contributed by atoms with Gasteiger partial charge >= 0.3 is 6.03 Å². The first-order valence-corrected chi connectivity index (χ1v) is 8.69. The molecule has 0 aliphatic rings. The third kappa shape index (κ3) is 4.79. The molecule has 6 nitrogen and oxygen atoms in total. The molecule has 1 unspecified atom stereocenters. The average molecular weight is 346 g/mol. The van der Waals surface area contributed by atoms with Gasteiger partial charge in [-0.3, -0.25) is 4.79 Å². The highest BCUT2D eigenvalue weighted by atomic mass is 32.1. The summed E-state index contributed by atoms with van der Waals surface area (Å²) >= 11 is 1.50. The van der Waals surface area contributed by atoms with E-state index in [1.54, 1.807) is 18.0 Å². The van der Waals surface area contributed by atoms with Crippen molar-refractivity contribution in [2.45, 2.75) is 33.4 Å². The van der Waals surface area contributed by atoms with Crippen molar-refractivity contribution in [1.82, 2.24) is 15.2 Å². The lowest BCUT2D eigenvalue weighted by Crippen LogP contribution is -2.32. The van der Waals surface area contributed by atoms with Crippen molar-refractivity contribution >= 4 is 29.0 Å². The number of amides is 3. The lowest BCUT2D eigenvalue weighted by molar-refractivity contribution is -0.129. The van der Waals surface area contributed by atoms with Crippen LogP contribution in [0.25, 0.3) is 0 Å². The molecule has 0 aliphatic heterocycles. The van der Waals surface area contributed by atoms with Crippen LogP contribution in [0, 0.1) is 0 Å². The summed E-state index contributed by atoms with van der Waals surface area (Å²) in [4.78, 5) is 29.8. The number of carbonyl (C=O) groups excluding carboxylic acids is 2. The maximum Gasteiger partial charge on any atom is 0.319 e. The summed E-state index contributed by atoms with van der Waals surface area (Å²) in [7, 11) is 0. The Morgan fingerprint density at radius 1 is 1.33 bits per heavy atom. The highest BCUT2D eigenvalue weighted by Crippen LogP contribution is 2.19. The van der Waals surface area contributed by atoms with Crippen LogP contribution >= 0.6 is 11.3 Å². The first-order valence-electron chi connectivity index (χ1n) is 7.81. The van der Waals surface area contributed by atoms with Crippen molar-refractivity contribution < 1.29 is 9.59 Å². The Balaban J connectivity index is 2.04. The van der Waals surface area contributed by atoms with Crippen LogP contribution in [-0.4, -0.2) is 28.4 Å².